The number of benzene rings is 2. The predicted molar refractivity (Wildman–Crippen MR) is 85.8 cm³/mol. The van der Waals surface area contributed by atoms with Crippen molar-refractivity contribution in [2.45, 2.75) is 13.5 Å². The highest BCUT2D eigenvalue weighted by atomic mass is 16.5. The van der Waals surface area contributed by atoms with Crippen LogP contribution in [0.15, 0.2) is 42.6 Å². The van der Waals surface area contributed by atoms with Crippen molar-refractivity contribution in [3.8, 4) is 5.75 Å². The second-order valence-electron chi connectivity index (χ2n) is 5.13. The summed E-state index contributed by atoms with van der Waals surface area (Å²) in [4.78, 5) is 0. The van der Waals surface area contributed by atoms with E-state index in [9.17, 15) is 0 Å². The van der Waals surface area contributed by atoms with Crippen molar-refractivity contribution in [2.75, 3.05) is 12.4 Å². The minimum Gasteiger partial charge on any atom is -0.496 e. The van der Waals surface area contributed by atoms with E-state index in [4.69, 9.17) is 4.74 Å². The van der Waals surface area contributed by atoms with Gasteiger partial charge in [0.2, 0.25) is 0 Å². The number of hydrogen-bond acceptors (Lipinski definition) is 3. The quantitative estimate of drug-likeness (QED) is 0.795. The Labute approximate surface area is 124 Å². The maximum Gasteiger partial charge on any atom is 0.126 e. The molecule has 4 nitrogen and oxygen atoms in total. The van der Waals surface area contributed by atoms with E-state index in [1.165, 1.54) is 10.9 Å². The van der Waals surface area contributed by atoms with E-state index in [-0.39, 0.29) is 0 Å². The Hall–Kier alpha value is -2.49. The normalized spacial score (nSPS) is 10.8. The number of aryl methyl sites for hydroxylation is 2. The first-order chi connectivity index (χ1) is 10.2. The molecule has 21 heavy (non-hydrogen) atoms. The summed E-state index contributed by atoms with van der Waals surface area (Å²) in [6.45, 7) is 2.77. The molecule has 2 aromatic carbocycles. The van der Waals surface area contributed by atoms with Crippen LogP contribution in [-0.2, 0) is 13.6 Å². The molecule has 0 aliphatic carbocycles. The number of ether oxygens (including phenoxy) is 1. The Morgan fingerprint density at radius 2 is 1.90 bits per heavy atom. The molecule has 1 N–H and O–H groups in total. The summed E-state index contributed by atoms with van der Waals surface area (Å²) in [7, 11) is 3.64. The molecule has 0 radical (unpaired) electrons. The Bertz CT molecular complexity index is 777. The fraction of sp³-hybridized carbons (Fsp3) is 0.235. The summed E-state index contributed by atoms with van der Waals surface area (Å²) in [5.41, 5.74) is 3.32. The van der Waals surface area contributed by atoms with Gasteiger partial charge in [-0.15, -0.1) is 0 Å². The molecule has 4 heteroatoms. The van der Waals surface area contributed by atoms with Gasteiger partial charge < -0.3 is 10.1 Å². The van der Waals surface area contributed by atoms with Crippen LogP contribution in [-0.4, -0.2) is 16.9 Å². The molecular formula is C17H19N3O. The maximum absolute atomic E-state index is 5.43. The molecule has 0 atom stereocenters. The number of nitrogens with zero attached hydrogens (tertiary/aromatic N) is 2. The molecule has 0 unspecified atom stereocenters. The van der Waals surface area contributed by atoms with Gasteiger partial charge in [-0.05, 0) is 23.9 Å². The van der Waals surface area contributed by atoms with Crippen molar-refractivity contribution < 1.29 is 4.74 Å². The second kappa shape index (κ2) is 5.48. The maximum atomic E-state index is 5.43. The summed E-state index contributed by atoms with van der Waals surface area (Å²) in [6, 6.07) is 12.4. The van der Waals surface area contributed by atoms with Crippen LogP contribution in [0, 0.1) is 6.92 Å². The van der Waals surface area contributed by atoms with Gasteiger partial charge >= 0.3 is 0 Å². The monoisotopic (exact) mass is 281 g/mol. The third-order valence-corrected chi connectivity index (χ3v) is 3.68. The number of hydrogen-bond donors (Lipinski definition) is 1. The van der Waals surface area contributed by atoms with Gasteiger partial charge in [0.15, 0.2) is 0 Å². The molecule has 1 aromatic heterocycles. The Balaban J connectivity index is 1.92. The lowest BCUT2D eigenvalue weighted by Gasteiger charge is -2.11. The molecule has 108 valence electrons. The van der Waals surface area contributed by atoms with Gasteiger partial charge in [-0.25, -0.2) is 0 Å². The zero-order chi connectivity index (χ0) is 14.8. The number of rotatable bonds is 4. The first-order valence-corrected chi connectivity index (χ1v) is 6.98. The molecular weight excluding hydrogens is 262 g/mol. The lowest BCUT2D eigenvalue weighted by atomic mass is 10.0. The first-order valence-electron chi connectivity index (χ1n) is 6.98. The zero-order valence-electron chi connectivity index (χ0n) is 12.6. The topological polar surface area (TPSA) is 39.1 Å². The van der Waals surface area contributed by atoms with Gasteiger partial charge in [-0.3, -0.25) is 4.68 Å². The van der Waals surface area contributed by atoms with Crippen LogP contribution in [0.25, 0.3) is 10.8 Å². The van der Waals surface area contributed by atoms with Crippen molar-refractivity contribution in [2.24, 2.45) is 7.05 Å². The number of aromatic nitrogens is 2. The highest BCUT2D eigenvalue weighted by Gasteiger charge is 2.07. The average Bonchev–Trinajstić information content (AvgIpc) is 2.82. The van der Waals surface area contributed by atoms with E-state index in [2.05, 4.69) is 34.7 Å². The van der Waals surface area contributed by atoms with E-state index in [0.29, 0.717) is 0 Å². The fourth-order valence-electron chi connectivity index (χ4n) is 2.63. The first kappa shape index (κ1) is 13.5. The molecule has 0 fully saturated rings. The van der Waals surface area contributed by atoms with Crippen molar-refractivity contribution in [1.82, 2.24) is 9.78 Å². The standard InChI is InChI=1S/C17H19N3O/c1-12-16(11-20(2)19-12)18-10-13-8-9-17(21-3)15-7-5-4-6-14(13)15/h4-9,11,18H,10H2,1-3H3. The molecule has 3 aromatic rings. The molecule has 0 spiro atoms. The molecule has 0 aliphatic rings. The minimum absolute atomic E-state index is 0.761. The van der Waals surface area contributed by atoms with Crippen LogP contribution in [0.4, 0.5) is 5.69 Å². The predicted octanol–water partition coefficient (Wildman–Crippen LogP) is 3.50. The molecule has 0 saturated heterocycles. The molecule has 0 amide bonds. The van der Waals surface area contributed by atoms with Crippen LogP contribution in [0.3, 0.4) is 0 Å². The summed E-state index contributed by atoms with van der Waals surface area (Å²) in [5.74, 6) is 0.909. The third kappa shape index (κ3) is 2.57. The van der Waals surface area contributed by atoms with Crippen LogP contribution >= 0.6 is 0 Å². The van der Waals surface area contributed by atoms with Crippen LogP contribution in [0.2, 0.25) is 0 Å². The van der Waals surface area contributed by atoms with Gasteiger partial charge in [0.1, 0.15) is 5.75 Å². The molecule has 0 aliphatic heterocycles. The number of nitrogens with one attached hydrogen (secondary N) is 1. The summed E-state index contributed by atoms with van der Waals surface area (Å²) in [5, 5.41) is 10.2. The summed E-state index contributed by atoms with van der Waals surface area (Å²) >= 11 is 0. The van der Waals surface area contributed by atoms with E-state index in [1.54, 1.807) is 7.11 Å². The van der Waals surface area contributed by atoms with Crippen LogP contribution in [0.5, 0.6) is 5.75 Å². The van der Waals surface area contributed by atoms with Gasteiger partial charge in [-0.2, -0.15) is 5.10 Å². The Morgan fingerprint density at radius 1 is 1.14 bits per heavy atom. The molecule has 3 rings (SSSR count). The Kier molecular flexibility index (Phi) is 3.52. The highest BCUT2D eigenvalue weighted by Crippen LogP contribution is 2.28. The number of methoxy groups -OCH3 is 1. The third-order valence-electron chi connectivity index (χ3n) is 3.68. The largest absolute Gasteiger partial charge is 0.496 e. The van der Waals surface area contributed by atoms with E-state index in [0.717, 1.165) is 29.1 Å². The van der Waals surface area contributed by atoms with Crippen molar-refractivity contribution in [3.05, 3.63) is 53.9 Å². The second-order valence-corrected chi connectivity index (χ2v) is 5.13. The summed E-state index contributed by atoms with van der Waals surface area (Å²) in [6.07, 6.45) is 2.00. The van der Waals surface area contributed by atoms with Crippen LogP contribution in [0.1, 0.15) is 11.3 Å². The van der Waals surface area contributed by atoms with E-state index in [1.807, 2.05) is 37.0 Å². The molecule has 0 bridgehead atoms. The summed E-state index contributed by atoms with van der Waals surface area (Å²) < 4.78 is 7.26. The molecule has 1 heterocycles. The lowest BCUT2D eigenvalue weighted by molar-refractivity contribution is 0.419. The van der Waals surface area contributed by atoms with Gasteiger partial charge in [0.05, 0.1) is 18.5 Å². The van der Waals surface area contributed by atoms with Gasteiger partial charge in [-0.1, -0.05) is 30.3 Å². The van der Waals surface area contributed by atoms with E-state index < -0.39 is 0 Å². The van der Waals surface area contributed by atoms with Gasteiger partial charge in [0.25, 0.3) is 0 Å². The number of anilines is 1. The lowest BCUT2D eigenvalue weighted by Crippen LogP contribution is -2.01. The van der Waals surface area contributed by atoms with Crippen LogP contribution < -0.4 is 10.1 Å². The average molecular weight is 281 g/mol. The number of fused-ring (bicyclic) bond motifs is 1. The van der Waals surface area contributed by atoms with Crippen molar-refractivity contribution in [3.63, 3.8) is 0 Å². The SMILES string of the molecule is COc1ccc(CNc2cn(C)nc2C)c2ccccc12. The molecule has 0 saturated carbocycles. The van der Waals surface area contributed by atoms with E-state index >= 15 is 0 Å². The minimum atomic E-state index is 0.761. The highest BCUT2D eigenvalue weighted by molar-refractivity contribution is 5.91. The van der Waals surface area contributed by atoms with Crippen molar-refractivity contribution >= 4 is 16.5 Å². The van der Waals surface area contributed by atoms with Gasteiger partial charge in [0, 0.05) is 25.2 Å². The Morgan fingerprint density at radius 3 is 2.57 bits per heavy atom. The van der Waals surface area contributed by atoms with Crippen molar-refractivity contribution in [1.29, 1.82) is 0 Å². The fourth-order valence-corrected chi connectivity index (χ4v) is 2.63. The zero-order valence-corrected chi connectivity index (χ0v) is 12.6. The smallest absolute Gasteiger partial charge is 0.126 e.